The van der Waals surface area contributed by atoms with Gasteiger partial charge in [0, 0.05) is 45.1 Å². The van der Waals surface area contributed by atoms with E-state index in [4.69, 9.17) is 11.6 Å². The van der Waals surface area contributed by atoms with Crippen molar-refractivity contribution in [1.29, 1.82) is 0 Å². The Morgan fingerprint density at radius 2 is 2.11 bits per heavy atom. The van der Waals surface area contributed by atoms with Crippen LogP contribution in [-0.4, -0.2) is 30.7 Å². The molecule has 6 rings (SSSR count). The van der Waals surface area contributed by atoms with Crippen LogP contribution in [0.5, 0.6) is 0 Å². The third-order valence-corrected chi connectivity index (χ3v) is 7.87. The maximum atomic E-state index is 14.9. The Bertz CT molecular complexity index is 1760. The van der Waals surface area contributed by atoms with Crippen molar-refractivity contribution >= 4 is 51.4 Å². The number of rotatable bonds is 6. The molecule has 1 amide bonds. The number of pyridine rings is 3. The average Bonchev–Trinajstić information content (AvgIpc) is 3.67. The van der Waals surface area contributed by atoms with Gasteiger partial charge in [0.05, 0.1) is 12.1 Å². The number of nitrogens with zero attached hydrogens (tertiary/aromatic N) is 3. The highest BCUT2D eigenvalue weighted by atomic mass is 35.5. The molecule has 1 saturated carbocycles. The molecule has 5 aromatic rings. The zero-order valence-corrected chi connectivity index (χ0v) is 21.3. The molecule has 0 aliphatic heterocycles. The molecule has 0 unspecified atom stereocenters. The van der Waals surface area contributed by atoms with Crippen LogP contribution in [0.4, 0.5) is 4.39 Å². The highest BCUT2D eigenvalue weighted by Crippen LogP contribution is 2.38. The number of nitrogens with one attached hydrogen (secondary N) is 2. The van der Waals surface area contributed by atoms with Crippen LogP contribution in [0.1, 0.15) is 34.5 Å². The van der Waals surface area contributed by atoms with Gasteiger partial charge in [0.1, 0.15) is 16.7 Å². The number of carbonyl (C=O) groups is 1. The smallest absolute Gasteiger partial charge is 0.278 e. The van der Waals surface area contributed by atoms with E-state index in [1.807, 2.05) is 12.1 Å². The molecule has 4 heterocycles. The minimum Gasteiger partial charge on any atom is -0.331 e. The lowest BCUT2D eigenvalue weighted by Crippen LogP contribution is -2.23. The molecule has 7 nitrogen and oxygen atoms in total. The van der Waals surface area contributed by atoms with E-state index >= 15 is 0 Å². The molecule has 0 bridgehead atoms. The lowest BCUT2D eigenvalue weighted by atomic mass is 10.0. The van der Waals surface area contributed by atoms with Gasteiger partial charge in [-0.3, -0.25) is 14.3 Å². The number of hydrogen-bond acceptors (Lipinski definition) is 5. The Balaban J connectivity index is 1.62. The number of benzene rings is 1. The van der Waals surface area contributed by atoms with Crippen LogP contribution in [0.2, 0.25) is 5.15 Å². The van der Waals surface area contributed by atoms with Gasteiger partial charge in [0.15, 0.2) is 5.65 Å². The fourth-order valence-corrected chi connectivity index (χ4v) is 5.39. The summed E-state index contributed by atoms with van der Waals surface area (Å²) in [6, 6.07) is 12.0. The van der Waals surface area contributed by atoms with E-state index in [1.165, 1.54) is 24.2 Å². The van der Waals surface area contributed by atoms with Crippen molar-refractivity contribution in [3.8, 4) is 11.1 Å². The third kappa shape index (κ3) is 4.38. The van der Waals surface area contributed by atoms with E-state index in [0.29, 0.717) is 44.1 Å². The zero-order chi connectivity index (χ0) is 25.7. The predicted octanol–water partition coefficient (Wildman–Crippen LogP) is 5.63. The summed E-state index contributed by atoms with van der Waals surface area (Å²) in [6.45, 7) is 1.79. The van der Waals surface area contributed by atoms with Gasteiger partial charge in [0.2, 0.25) is 0 Å². The summed E-state index contributed by atoms with van der Waals surface area (Å²) in [5.74, 6) is -0.776. The van der Waals surface area contributed by atoms with Gasteiger partial charge in [-0.15, -0.1) is 0 Å². The summed E-state index contributed by atoms with van der Waals surface area (Å²) in [6.07, 6.45) is 5.25. The summed E-state index contributed by atoms with van der Waals surface area (Å²) in [7, 11) is 0. The number of carbonyl (C=O) groups excluding carboxylic acids is 1. The van der Waals surface area contributed by atoms with E-state index in [-0.39, 0.29) is 28.9 Å². The molecule has 0 spiro atoms. The minimum atomic E-state index is -0.411. The molecule has 0 atom stereocenters. The number of hydrogen-bond donors (Lipinski definition) is 2. The Morgan fingerprint density at radius 3 is 2.89 bits per heavy atom. The first-order valence-corrected chi connectivity index (χ1v) is 13.0. The van der Waals surface area contributed by atoms with Crippen molar-refractivity contribution in [3.05, 3.63) is 93.0 Å². The van der Waals surface area contributed by atoms with Crippen LogP contribution in [-0.2, 0) is 6.54 Å². The van der Waals surface area contributed by atoms with Gasteiger partial charge in [-0.05, 0) is 79.7 Å². The molecule has 10 heteroatoms. The number of H-pyrrole nitrogens is 1. The Morgan fingerprint density at radius 1 is 1.27 bits per heavy atom. The first-order chi connectivity index (χ1) is 17.9. The Kier molecular flexibility index (Phi) is 5.97. The molecule has 0 saturated heterocycles. The molecule has 2 N–H and O–H groups in total. The fourth-order valence-electron chi connectivity index (χ4n) is 4.45. The predicted molar refractivity (Wildman–Crippen MR) is 144 cm³/mol. The topological polar surface area (TPSA) is 92.7 Å². The first-order valence-electron chi connectivity index (χ1n) is 11.8. The van der Waals surface area contributed by atoms with E-state index in [9.17, 15) is 14.0 Å². The first kappa shape index (κ1) is 23.7. The standard InChI is InChI=1S/C27H21ClFN5O2S/c1-14-10-19-21(12-20(14)29)34(13-16-11-15-4-2-8-30-25(15)32-24(16)28)23(27(36)33-37-17-6-7-17)22(19)18-5-3-9-31-26(18)35/h2-5,8-12,17H,6-7,13H2,1H3,(H,31,35)(H,33,36). The molecule has 1 aromatic carbocycles. The van der Waals surface area contributed by atoms with Gasteiger partial charge in [-0.1, -0.05) is 11.6 Å². The summed E-state index contributed by atoms with van der Waals surface area (Å²) < 4.78 is 19.6. The van der Waals surface area contributed by atoms with E-state index in [1.54, 1.807) is 42.0 Å². The monoisotopic (exact) mass is 533 g/mol. The Labute approximate surface area is 220 Å². The molecule has 37 heavy (non-hydrogen) atoms. The number of fused-ring (bicyclic) bond motifs is 2. The summed E-state index contributed by atoms with van der Waals surface area (Å²) in [5, 5.41) is 1.99. The maximum absolute atomic E-state index is 14.9. The number of aromatic amines is 1. The fraction of sp³-hybridized carbons (Fsp3) is 0.185. The number of aromatic nitrogens is 4. The van der Waals surface area contributed by atoms with E-state index in [0.717, 1.165) is 18.2 Å². The van der Waals surface area contributed by atoms with Crippen molar-refractivity contribution in [2.45, 2.75) is 31.6 Å². The Hall–Kier alpha value is -3.69. The van der Waals surface area contributed by atoms with Crippen molar-refractivity contribution in [1.82, 2.24) is 24.2 Å². The van der Waals surface area contributed by atoms with Gasteiger partial charge >= 0.3 is 0 Å². The highest BCUT2D eigenvalue weighted by Gasteiger charge is 2.29. The van der Waals surface area contributed by atoms with E-state index in [2.05, 4.69) is 19.7 Å². The van der Waals surface area contributed by atoms with Crippen LogP contribution >= 0.6 is 23.5 Å². The van der Waals surface area contributed by atoms with Crippen molar-refractivity contribution in [3.63, 3.8) is 0 Å². The largest absolute Gasteiger partial charge is 0.331 e. The van der Waals surface area contributed by atoms with Crippen molar-refractivity contribution < 1.29 is 9.18 Å². The van der Waals surface area contributed by atoms with Gasteiger partial charge in [0.25, 0.3) is 11.5 Å². The summed E-state index contributed by atoms with van der Waals surface area (Å²) in [5.41, 5.74) is 2.71. The van der Waals surface area contributed by atoms with Crippen LogP contribution < -0.4 is 10.3 Å². The zero-order valence-electron chi connectivity index (χ0n) is 19.7. The summed E-state index contributed by atoms with van der Waals surface area (Å²) in [4.78, 5) is 38.0. The average molecular weight is 534 g/mol. The van der Waals surface area contributed by atoms with E-state index < -0.39 is 5.82 Å². The molecule has 1 aliphatic rings. The molecule has 186 valence electrons. The molecular formula is C27H21ClFN5O2S. The van der Waals surface area contributed by atoms with Gasteiger partial charge < -0.3 is 9.55 Å². The molecular weight excluding hydrogens is 513 g/mol. The number of halogens is 2. The van der Waals surface area contributed by atoms with Crippen molar-refractivity contribution in [2.24, 2.45) is 0 Å². The lowest BCUT2D eigenvalue weighted by Gasteiger charge is -2.14. The second-order valence-corrected chi connectivity index (χ2v) is 10.5. The van der Waals surface area contributed by atoms with Gasteiger partial charge in [-0.25, -0.2) is 14.4 Å². The van der Waals surface area contributed by atoms with Crippen LogP contribution in [0.25, 0.3) is 33.1 Å². The summed E-state index contributed by atoms with van der Waals surface area (Å²) >= 11 is 7.92. The van der Waals surface area contributed by atoms with Crippen LogP contribution in [0, 0.1) is 12.7 Å². The molecule has 1 fully saturated rings. The van der Waals surface area contributed by atoms with Crippen LogP contribution in [0.3, 0.4) is 0 Å². The van der Waals surface area contributed by atoms with Gasteiger partial charge in [-0.2, -0.15) is 0 Å². The van der Waals surface area contributed by atoms with Crippen molar-refractivity contribution in [2.75, 3.05) is 0 Å². The molecule has 4 aromatic heterocycles. The quantitative estimate of drug-likeness (QED) is 0.218. The SMILES string of the molecule is Cc1cc2c(-c3ccc[nH]c3=O)c(C(=O)NSC3CC3)n(Cc3cc4cccnc4nc3Cl)c2cc1F. The molecule has 1 aliphatic carbocycles. The second-order valence-electron chi connectivity index (χ2n) is 9.08. The molecule has 0 radical (unpaired) electrons. The maximum Gasteiger partial charge on any atom is 0.278 e. The second kappa shape index (κ2) is 9.32. The highest BCUT2D eigenvalue weighted by molar-refractivity contribution is 7.98. The lowest BCUT2D eigenvalue weighted by molar-refractivity contribution is 0.0977. The number of aryl methyl sites for hydroxylation is 1. The number of amides is 1. The van der Waals surface area contributed by atoms with Crippen LogP contribution in [0.15, 0.2) is 59.7 Å². The minimum absolute atomic E-state index is 0.136. The normalized spacial score (nSPS) is 13.4. The third-order valence-electron chi connectivity index (χ3n) is 6.43.